The van der Waals surface area contributed by atoms with E-state index in [0.29, 0.717) is 22.4 Å². The third-order valence-electron chi connectivity index (χ3n) is 5.11. The molecule has 3 aromatic carbocycles. The lowest BCUT2D eigenvalue weighted by Gasteiger charge is -2.10. The van der Waals surface area contributed by atoms with E-state index in [0.717, 1.165) is 5.56 Å². The zero-order valence-electron chi connectivity index (χ0n) is 19.2. The minimum atomic E-state index is -4.12. The van der Waals surface area contributed by atoms with Crippen molar-refractivity contribution in [3.8, 4) is 11.5 Å². The van der Waals surface area contributed by atoms with Crippen LogP contribution in [0.3, 0.4) is 0 Å². The molecular formula is C25H23N3O6S. The summed E-state index contributed by atoms with van der Waals surface area (Å²) in [5.41, 5.74) is 1.85. The van der Waals surface area contributed by atoms with Crippen molar-refractivity contribution >= 4 is 32.6 Å². The summed E-state index contributed by atoms with van der Waals surface area (Å²) in [4.78, 5) is 15.1. The molecule has 0 aliphatic heterocycles. The van der Waals surface area contributed by atoms with Gasteiger partial charge in [-0.1, -0.05) is 30.3 Å². The van der Waals surface area contributed by atoms with Gasteiger partial charge in [0.25, 0.3) is 15.9 Å². The molecule has 0 radical (unpaired) electrons. The first-order valence-electron chi connectivity index (χ1n) is 10.5. The van der Waals surface area contributed by atoms with Crippen molar-refractivity contribution in [3.63, 3.8) is 0 Å². The Balaban J connectivity index is 1.74. The molecular weight excluding hydrogens is 470 g/mol. The number of nitrogens with zero attached hydrogens (tertiary/aromatic N) is 1. The topological polar surface area (TPSA) is 119 Å². The van der Waals surface area contributed by atoms with Crippen molar-refractivity contribution < 1.29 is 27.1 Å². The van der Waals surface area contributed by atoms with E-state index in [1.54, 1.807) is 36.4 Å². The average molecular weight is 494 g/mol. The van der Waals surface area contributed by atoms with Crippen molar-refractivity contribution in [2.24, 2.45) is 5.10 Å². The molecule has 1 heterocycles. The zero-order chi connectivity index (χ0) is 25.0. The zero-order valence-corrected chi connectivity index (χ0v) is 20.0. The molecule has 0 spiro atoms. The SMILES string of the molecule is COc1ccc(S(=O)(=O)NN=c2oc3ccccc3cc2C(=O)Nc2cccc(C)c2)cc1OC. The Bertz CT molecular complexity index is 1580. The Kier molecular flexibility index (Phi) is 6.74. The van der Waals surface area contributed by atoms with E-state index in [1.807, 2.05) is 25.1 Å². The Labute approximate surface area is 202 Å². The molecule has 1 amide bonds. The van der Waals surface area contributed by atoms with Crippen molar-refractivity contribution in [3.05, 3.63) is 89.5 Å². The number of fused-ring (bicyclic) bond motifs is 1. The maximum atomic E-state index is 13.1. The fraction of sp³-hybridized carbons (Fsp3) is 0.120. The van der Waals surface area contributed by atoms with Crippen LogP contribution in [0.5, 0.6) is 11.5 Å². The fourth-order valence-electron chi connectivity index (χ4n) is 3.37. The summed E-state index contributed by atoms with van der Waals surface area (Å²) in [6, 6.07) is 20.0. The molecule has 1 aromatic heterocycles. The van der Waals surface area contributed by atoms with E-state index in [4.69, 9.17) is 13.9 Å². The molecule has 0 saturated heterocycles. The van der Waals surface area contributed by atoms with Crippen LogP contribution in [0.2, 0.25) is 0 Å². The number of carbonyl (C=O) groups is 1. The molecule has 0 aliphatic carbocycles. The number of hydrogen-bond donors (Lipinski definition) is 2. The molecule has 10 heteroatoms. The molecule has 180 valence electrons. The predicted molar refractivity (Wildman–Crippen MR) is 131 cm³/mol. The Morgan fingerprint density at radius 1 is 0.914 bits per heavy atom. The Morgan fingerprint density at radius 2 is 1.69 bits per heavy atom. The van der Waals surface area contributed by atoms with Crippen LogP contribution in [0, 0.1) is 6.92 Å². The Morgan fingerprint density at radius 3 is 2.43 bits per heavy atom. The van der Waals surface area contributed by atoms with Gasteiger partial charge >= 0.3 is 0 Å². The second kappa shape index (κ2) is 9.90. The second-order valence-corrected chi connectivity index (χ2v) is 9.21. The van der Waals surface area contributed by atoms with Crippen LogP contribution in [0.25, 0.3) is 11.0 Å². The lowest BCUT2D eigenvalue weighted by atomic mass is 10.1. The third kappa shape index (κ3) is 5.28. The van der Waals surface area contributed by atoms with Crippen LogP contribution in [-0.4, -0.2) is 28.5 Å². The number of sulfonamides is 1. The summed E-state index contributed by atoms with van der Waals surface area (Å²) in [6.07, 6.45) is 0. The van der Waals surface area contributed by atoms with Crippen molar-refractivity contribution in [2.45, 2.75) is 11.8 Å². The number of methoxy groups -OCH3 is 2. The number of hydrogen-bond acceptors (Lipinski definition) is 7. The standard InChI is InChI=1S/C25H23N3O6S/c1-16-7-6-9-18(13-16)26-24(29)20-14-17-8-4-5-10-21(17)34-25(20)27-28-35(30,31)19-11-12-22(32-2)23(15-19)33-3/h4-15,28H,1-3H3,(H,26,29). The predicted octanol–water partition coefficient (Wildman–Crippen LogP) is 3.80. The molecule has 35 heavy (non-hydrogen) atoms. The molecule has 9 nitrogen and oxygen atoms in total. The highest BCUT2D eigenvalue weighted by atomic mass is 32.2. The van der Waals surface area contributed by atoms with E-state index < -0.39 is 15.9 Å². The third-order valence-corrected chi connectivity index (χ3v) is 6.32. The first-order valence-corrected chi connectivity index (χ1v) is 12.0. The highest BCUT2D eigenvalue weighted by Crippen LogP contribution is 2.29. The average Bonchev–Trinajstić information content (AvgIpc) is 2.86. The molecule has 0 bridgehead atoms. The van der Waals surface area contributed by atoms with Gasteiger partial charge in [-0.3, -0.25) is 4.79 Å². The molecule has 0 saturated carbocycles. The molecule has 0 unspecified atom stereocenters. The first kappa shape index (κ1) is 23.8. The lowest BCUT2D eigenvalue weighted by molar-refractivity contribution is 0.102. The number of anilines is 1. The number of nitrogens with one attached hydrogen (secondary N) is 2. The number of carbonyl (C=O) groups excluding carboxylic acids is 1. The van der Waals surface area contributed by atoms with Gasteiger partial charge in [0.1, 0.15) is 11.1 Å². The van der Waals surface area contributed by atoms with E-state index in [9.17, 15) is 13.2 Å². The lowest BCUT2D eigenvalue weighted by Crippen LogP contribution is -2.27. The first-order chi connectivity index (χ1) is 16.8. The van der Waals surface area contributed by atoms with Gasteiger partial charge in [-0.25, -0.2) is 0 Å². The maximum Gasteiger partial charge on any atom is 0.276 e. The molecule has 0 atom stereocenters. The van der Waals surface area contributed by atoms with E-state index in [1.165, 1.54) is 32.4 Å². The van der Waals surface area contributed by atoms with Gasteiger partial charge in [0.15, 0.2) is 11.5 Å². The van der Waals surface area contributed by atoms with Crippen LogP contribution >= 0.6 is 0 Å². The molecule has 0 aliphatic rings. The van der Waals surface area contributed by atoms with Crippen molar-refractivity contribution in [2.75, 3.05) is 19.5 Å². The number of aryl methyl sites for hydroxylation is 1. The van der Waals surface area contributed by atoms with Crippen LogP contribution in [-0.2, 0) is 10.0 Å². The van der Waals surface area contributed by atoms with Crippen molar-refractivity contribution in [1.82, 2.24) is 4.83 Å². The number of para-hydroxylation sites is 1. The van der Waals surface area contributed by atoms with Gasteiger partial charge in [-0.05, 0) is 48.9 Å². The highest BCUT2D eigenvalue weighted by Gasteiger charge is 2.18. The smallest absolute Gasteiger partial charge is 0.276 e. The maximum absolute atomic E-state index is 13.1. The van der Waals surface area contributed by atoms with Crippen LogP contribution in [0.15, 0.2) is 87.2 Å². The van der Waals surface area contributed by atoms with Gasteiger partial charge in [0, 0.05) is 17.1 Å². The quantitative estimate of drug-likeness (QED) is 0.378. The van der Waals surface area contributed by atoms with E-state index in [-0.39, 0.29) is 21.8 Å². The summed E-state index contributed by atoms with van der Waals surface area (Å²) in [5, 5.41) is 7.40. The van der Waals surface area contributed by atoms with Crippen LogP contribution in [0.1, 0.15) is 15.9 Å². The second-order valence-electron chi connectivity index (χ2n) is 7.55. The molecule has 0 fully saturated rings. The molecule has 4 rings (SSSR count). The molecule has 2 N–H and O–H groups in total. The molecule has 4 aromatic rings. The van der Waals surface area contributed by atoms with Gasteiger partial charge in [0.05, 0.1) is 19.1 Å². The monoisotopic (exact) mass is 493 g/mol. The van der Waals surface area contributed by atoms with Gasteiger partial charge in [-0.15, -0.1) is 5.10 Å². The largest absolute Gasteiger partial charge is 0.493 e. The minimum Gasteiger partial charge on any atom is -0.493 e. The Hall–Kier alpha value is -4.31. The number of amides is 1. The van der Waals surface area contributed by atoms with Gasteiger partial charge < -0.3 is 19.2 Å². The highest BCUT2D eigenvalue weighted by molar-refractivity contribution is 7.89. The number of ether oxygens (including phenoxy) is 2. The van der Waals surface area contributed by atoms with Gasteiger partial charge in [-0.2, -0.15) is 13.2 Å². The summed E-state index contributed by atoms with van der Waals surface area (Å²) < 4.78 is 41.9. The van der Waals surface area contributed by atoms with E-state index in [2.05, 4.69) is 15.2 Å². The minimum absolute atomic E-state index is 0.0558. The number of benzene rings is 3. The summed E-state index contributed by atoms with van der Waals surface area (Å²) in [7, 11) is -1.27. The summed E-state index contributed by atoms with van der Waals surface area (Å²) >= 11 is 0. The number of rotatable bonds is 7. The normalized spacial score (nSPS) is 11.8. The van der Waals surface area contributed by atoms with Crippen molar-refractivity contribution in [1.29, 1.82) is 0 Å². The fourth-order valence-corrected chi connectivity index (χ4v) is 4.19. The van der Waals surface area contributed by atoms with Gasteiger partial charge in [0.2, 0.25) is 5.55 Å². The van der Waals surface area contributed by atoms with Crippen LogP contribution < -0.4 is 25.2 Å². The summed E-state index contributed by atoms with van der Waals surface area (Å²) in [6.45, 7) is 1.91. The van der Waals surface area contributed by atoms with Crippen LogP contribution in [0.4, 0.5) is 5.69 Å². The van der Waals surface area contributed by atoms with E-state index >= 15 is 0 Å². The summed E-state index contributed by atoms with van der Waals surface area (Å²) in [5.74, 6) is 0.112.